The third-order valence-electron chi connectivity index (χ3n) is 1.80. The third kappa shape index (κ3) is 6.13. The average Bonchev–Trinajstić information content (AvgIpc) is 2.25. The molecule has 0 spiro atoms. The Morgan fingerprint density at radius 3 is 2.47 bits per heavy atom. The Hall–Kier alpha value is -0.480. The SMILES string of the molecule is CC(C)(C)OC(=O)C(Br)CSc1ccccc1. The molecule has 0 radical (unpaired) electrons. The van der Waals surface area contributed by atoms with Crippen LogP contribution in [-0.2, 0) is 9.53 Å². The van der Waals surface area contributed by atoms with Gasteiger partial charge in [0.2, 0.25) is 0 Å². The topological polar surface area (TPSA) is 26.3 Å². The molecule has 2 nitrogen and oxygen atoms in total. The van der Waals surface area contributed by atoms with Crippen LogP contribution in [0.4, 0.5) is 0 Å². The fraction of sp³-hybridized carbons (Fsp3) is 0.462. The molecule has 0 saturated heterocycles. The maximum Gasteiger partial charge on any atom is 0.321 e. The van der Waals surface area contributed by atoms with Gasteiger partial charge in [-0.25, -0.2) is 0 Å². The summed E-state index contributed by atoms with van der Waals surface area (Å²) in [5.41, 5.74) is -0.430. The number of hydrogen-bond donors (Lipinski definition) is 0. The van der Waals surface area contributed by atoms with Crippen molar-refractivity contribution in [1.82, 2.24) is 0 Å². The van der Waals surface area contributed by atoms with Gasteiger partial charge in [0.15, 0.2) is 0 Å². The van der Waals surface area contributed by atoms with E-state index in [1.54, 1.807) is 11.8 Å². The first-order chi connectivity index (χ1) is 7.88. The highest BCUT2D eigenvalue weighted by molar-refractivity contribution is 9.10. The highest BCUT2D eigenvalue weighted by Crippen LogP contribution is 2.22. The number of ether oxygens (including phenoxy) is 1. The smallest absolute Gasteiger partial charge is 0.321 e. The van der Waals surface area contributed by atoms with Crippen molar-refractivity contribution in [1.29, 1.82) is 0 Å². The van der Waals surface area contributed by atoms with Crippen LogP contribution in [0.15, 0.2) is 35.2 Å². The number of carbonyl (C=O) groups excluding carboxylic acids is 1. The monoisotopic (exact) mass is 316 g/mol. The number of alkyl halides is 1. The van der Waals surface area contributed by atoms with Crippen LogP contribution in [0.5, 0.6) is 0 Å². The first kappa shape index (κ1) is 14.6. The molecule has 1 aromatic rings. The van der Waals surface area contributed by atoms with Gasteiger partial charge in [-0.1, -0.05) is 34.1 Å². The molecule has 0 amide bonds. The van der Waals surface area contributed by atoms with Crippen LogP contribution in [0.2, 0.25) is 0 Å². The molecular weight excluding hydrogens is 300 g/mol. The fourth-order valence-electron chi connectivity index (χ4n) is 1.12. The lowest BCUT2D eigenvalue weighted by Crippen LogP contribution is -2.30. The normalized spacial score (nSPS) is 13.2. The van der Waals surface area contributed by atoms with Gasteiger partial charge in [-0.3, -0.25) is 4.79 Å². The van der Waals surface area contributed by atoms with E-state index in [0.717, 1.165) is 4.90 Å². The lowest BCUT2D eigenvalue weighted by atomic mass is 10.2. The Morgan fingerprint density at radius 2 is 1.94 bits per heavy atom. The van der Waals surface area contributed by atoms with Crippen molar-refractivity contribution >= 4 is 33.7 Å². The molecular formula is C13H17BrO2S. The van der Waals surface area contributed by atoms with Crippen LogP contribution in [-0.4, -0.2) is 22.2 Å². The molecule has 1 aromatic carbocycles. The Labute approximate surface area is 115 Å². The Bertz CT molecular complexity index is 359. The van der Waals surface area contributed by atoms with Crippen molar-refractivity contribution in [3.8, 4) is 0 Å². The lowest BCUT2D eigenvalue weighted by molar-refractivity contribution is -0.153. The summed E-state index contributed by atoms with van der Waals surface area (Å²) in [6.45, 7) is 5.61. The molecule has 4 heteroatoms. The Balaban J connectivity index is 2.40. The van der Waals surface area contributed by atoms with Crippen LogP contribution in [0.1, 0.15) is 20.8 Å². The molecule has 0 bridgehead atoms. The van der Waals surface area contributed by atoms with Crippen LogP contribution in [0.25, 0.3) is 0 Å². The van der Waals surface area contributed by atoms with E-state index in [4.69, 9.17) is 4.74 Å². The number of carbonyl (C=O) groups is 1. The quantitative estimate of drug-likeness (QED) is 0.479. The minimum Gasteiger partial charge on any atom is -0.459 e. The zero-order chi connectivity index (χ0) is 12.9. The zero-order valence-electron chi connectivity index (χ0n) is 10.3. The van der Waals surface area contributed by atoms with Gasteiger partial charge in [-0.05, 0) is 32.9 Å². The second-order valence-electron chi connectivity index (χ2n) is 4.63. The molecule has 0 aromatic heterocycles. The summed E-state index contributed by atoms with van der Waals surface area (Å²) in [4.78, 5) is 12.6. The largest absolute Gasteiger partial charge is 0.459 e. The summed E-state index contributed by atoms with van der Waals surface area (Å²) in [6.07, 6.45) is 0. The summed E-state index contributed by atoms with van der Waals surface area (Å²) >= 11 is 4.99. The van der Waals surface area contributed by atoms with Crippen LogP contribution in [0, 0.1) is 0 Å². The maximum atomic E-state index is 11.7. The van der Waals surface area contributed by atoms with Crippen molar-refractivity contribution in [2.24, 2.45) is 0 Å². The van der Waals surface area contributed by atoms with E-state index in [9.17, 15) is 4.79 Å². The Morgan fingerprint density at radius 1 is 1.35 bits per heavy atom. The van der Waals surface area contributed by atoms with Gasteiger partial charge in [0.25, 0.3) is 0 Å². The van der Waals surface area contributed by atoms with Gasteiger partial charge in [0.05, 0.1) is 0 Å². The summed E-state index contributed by atoms with van der Waals surface area (Å²) in [5, 5.41) is 0. The molecule has 94 valence electrons. The van der Waals surface area contributed by atoms with Crippen molar-refractivity contribution < 1.29 is 9.53 Å². The van der Waals surface area contributed by atoms with Gasteiger partial charge in [0, 0.05) is 10.6 Å². The zero-order valence-corrected chi connectivity index (χ0v) is 12.7. The number of esters is 1. The van der Waals surface area contributed by atoms with Gasteiger partial charge in [0.1, 0.15) is 10.4 Å². The number of halogens is 1. The van der Waals surface area contributed by atoms with E-state index in [-0.39, 0.29) is 10.8 Å². The fourth-order valence-corrected chi connectivity index (χ4v) is 2.43. The van der Waals surface area contributed by atoms with E-state index in [0.29, 0.717) is 5.75 Å². The highest BCUT2D eigenvalue weighted by atomic mass is 79.9. The van der Waals surface area contributed by atoms with E-state index >= 15 is 0 Å². The third-order valence-corrected chi connectivity index (χ3v) is 4.03. The van der Waals surface area contributed by atoms with Crippen molar-refractivity contribution in [3.63, 3.8) is 0 Å². The predicted molar refractivity (Wildman–Crippen MR) is 75.7 cm³/mol. The minimum absolute atomic E-state index is 0.207. The molecule has 17 heavy (non-hydrogen) atoms. The standard InChI is InChI=1S/C13H17BrO2S/c1-13(2,3)16-12(15)11(14)9-17-10-7-5-4-6-8-10/h4-8,11H,9H2,1-3H3. The summed E-state index contributed by atoms with van der Waals surface area (Å²) < 4.78 is 5.29. The number of benzene rings is 1. The molecule has 0 aliphatic rings. The van der Waals surface area contributed by atoms with Crippen LogP contribution >= 0.6 is 27.7 Å². The van der Waals surface area contributed by atoms with Crippen LogP contribution < -0.4 is 0 Å². The van der Waals surface area contributed by atoms with E-state index < -0.39 is 5.60 Å². The van der Waals surface area contributed by atoms with Crippen LogP contribution in [0.3, 0.4) is 0 Å². The van der Waals surface area contributed by atoms with Gasteiger partial charge < -0.3 is 4.74 Å². The van der Waals surface area contributed by atoms with Gasteiger partial charge >= 0.3 is 5.97 Å². The molecule has 1 atom stereocenters. The Kier molecular flexibility index (Phi) is 5.53. The van der Waals surface area contributed by atoms with Crippen molar-refractivity contribution in [2.75, 3.05) is 5.75 Å². The molecule has 1 rings (SSSR count). The number of rotatable bonds is 4. The van der Waals surface area contributed by atoms with Crippen molar-refractivity contribution in [3.05, 3.63) is 30.3 Å². The number of hydrogen-bond acceptors (Lipinski definition) is 3. The number of thioether (sulfide) groups is 1. The van der Waals surface area contributed by atoms with E-state index in [1.807, 2.05) is 51.1 Å². The molecule has 0 aliphatic heterocycles. The summed E-state index contributed by atoms with van der Waals surface area (Å²) in [6, 6.07) is 10.0. The van der Waals surface area contributed by atoms with Gasteiger partial charge in [-0.15, -0.1) is 11.8 Å². The summed E-state index contributed by atoms with van der Waals surface area (Å²) in [5.74, 6) is 0.458. The molecule has 0 heterocycles. The molecule has 0 fully saturated rings. The molecule has 0 saturated carbocycles. The molecule has 1 unspecified atom stereocenters. The second-order valence-corrected chi connectivity index (χ2v) is 6.82. The minimum atomic E-state index is -0.430. The lowest BCUT2D eigenvalue weighted by Gasteiger charge is -2.21. The second kappa shape index (κ2) is 6.45. The average molecular weight is 317 g/mol. The first-order valence-corrected chi connectivity index (χ1v) is 7.33. The molecule has 0 aliphatic carbocycles. The molecule has 0 N–H and O–H groups in total. The summed E-state index contributed by atoms with van der Waals surface area (Å²) in [7, 11) is 0. The van der Waals surface area contributed by atoms with Crippen molar-refractivity contribution in [2.45, 2.75) is 36.1 Å². The van der Waals surface area contributed by atoms with E-state index in [1.165, 1.54) is 0 Å². The predicted octanol–water partition coefficient (Wildman–Crippen LogP) is 3.88. The van der Waals surface area contributed by atoms with Gasteiger partial charge in [-0.2, -0.15) is 0 Å². The maximum absolute atomic E-state index is 11.7. The highest BCUT2D eigenvalue weighted by Gasteiger charge is 2.22. The first-order valence-electron chi connectivity index (χ1n) is 5.43. The van der Waals surface area contributed by atoms with E-state index in [2.05, 4.69) is 15.9 Å².